The Kier molecular flexibility index (Phi) is 5.30. The number of hydrogen-bond acceptors (Lipinski definition) is 4. The minimum Gasteiger partial charge on any atom is -0.262 e. The first kappa shape index (κ1) is 18.9. The number of nitrogens with zero attached hydrogens (tertiary/aromatic N) is 1. The van der Waals surface area contributed by atoms with E-state index in [1.54, 1.807) is 42.5 Å². The van der Waals surface area contributed by atoms with Gasteiger partial charge in [-0.3, -0.25) is 4.31 Å². The third-order valence-corrected chi connectivity index (χ3v) is 9.10. The van der Waals surface area contributed by atoms with Crippen LogP contribution in [0.5, 0.6) is 0 Å². The number of sulfone groups is 1. The Hall–Kier alpha value is -0.900. The van der Waals surface area contributed by atoms with Crippen LogP contribution in [0, 0.1) is 0 Å². The van der Waals surface area contributed by atoms with Crippen LogP contribution < -0.4 is 4.31 Å². The molecule has 0 bridgehead atoms. The van der Waals surface area contributed by atoms with Crippen molar-refractivity contribution in [2.45, 2.75) is 17.4 Å². The molecule has 9 heteroatoms. The fraction of sp³-hybridized carbons (Fsp3) is 0.250. The number of rotatable bonds is 4. The van der Waals surface area contributed by atoms with Gasteiger partial charge in [0.25, 0.3) is 10.0 Å². The molecule has 1 heterocycles. The van der Waals surface area contributed by atoms with Crippen molar-refractivity contribution in [3.8, 4) is 0 Å². The average Bonchev–Trinajstić information content (AvgIpc) is 2.90. The molecule has 0 unspecified atom stereocenters. The Bertz CT molecular complexity index is 992. The molecule has 0 saturated carbocycles. The largest absolute Gasteiger partial charge is 0.265 e. The predicted molar refractivity (Wildman–Crippen MR) is 105 cm³/mol. The summed E-state index contributed by atoms with van der Waals surface area (Å²) in [6.45, 7) is 0. The Morgan fingerprint density at radius 3 is 2.32 bits per heavy atom. The zero-order valence-corrected chi connectivity index (χ0v) is 17.8. The van der Waals surface area contributed by atoms with E-state index in [9.17, 15) is 16.8 Å². The molecular formula is C16H15Br2NO4S2. The zero-order chi connectivity index (χ0) is 18.2. The maximum atomic E-state index is 13.4. The minimum absolute atomic E-state index is 0.00380. The van der Waals surface area contributed by atoms with E-state index >= 15 is 0 Å². The van der Waals surface area contributed by atoms with Gasteiger partial charge in [0.15, 0.2) is 9.84 Å². The molecule has 0 aromatic heterocycles. The molecule has 1 saturated heterocycles. The summed E-state index contributed by atoms with van der Waals surface area (Å²) in [5.74, 6) is -0.178. The molecular weight excluding hydrogens is 494 g/mol. The molecule has 0 radical (unpaired) electrons. The monoisotopic (exact) mass is 507 g/mol. The second-order valence-electron chi connectivity index (χ2n) is 5.77. The van der Waals surface area contributed by atoms with Crippen molar-refractivity contribution in [1.29, 1.82) is 0 Å². The fourth-order valence-corrected chi connectivity index (χ4v) is 7.80. The van der Waals surface area contributed by atoms with Crippen molar-refractivity contribution in [2.24, 2.45) is 0 Å². The van der Waals surface area contributed by atoms with Crippen molar-refractivity contribution in [3.63, 3.8) is 0 Å². The Balaban J connectivity index is 2.16. The average molecular weight is 509 g/mol. The summed E-state index contributed by atoms with van der Waals surface area (Å²) in [6, 6.07) is 12.9. The lowest BCUT2D eigenvalue weighted by Crippen LogP contribution is -2.41. The molecule has 1 fully saturated rings. The molecule has 2 aromatic rings. The Morgan fingerprint density at radius 1 is 1.04 bits per heavy atom. The van der Waals surface area contributed by atoms with Gasteiger partial charge in [0.1, 0.15) is 4.90 Å². The Morgan fingerprint density at radius 2 is 1.72 bits per heavy atom. The van der Waals surface area contributed by atoms with Crippen LogP contribution in [0.4, 0.5) is 5.69 Å². The van der Waals surface area contributed by atoms with E-state index in [4.69, 9.17) is 0 Å². The number of anilines is 1. The number of benzene rings is 2. The molecule has 1 atom stereocenters. The summed E-state index contributed by atoms with van der Waals surface area (Å²) < 4.78 is 52.9. The summed E-state index contributed by atoms with van der Waals surface area (Å²) >= 11 is 6.59. The molecule has 2 aromatic carbocycles. The zero-order valence-electron chi connectivity index (χ0n) is 13.0. The van der Waals surface area contributed by atoms with Gasteiger partial charge in [-0.1, -0.05) is 34.1 Å². The molecule has 25 heavy (non-hydrogen) atoms. The summed E-state index contributed by atoms with van der Waals surface area (Å²) in [5.41, 5.74) is 0.455. The van der Waals surface area contributed by atoms with Crippen LogP contribution in [0.25, 0.3) is 0 Å². The lowest BCUT2D eigenvalue weighted by Gasteiger charge is -2.30. The highest BCUT2D eigenvalue weighted by molar-refractivity contribution is 9.11. The van der Waals surface area contributed by atoms with E-state index in [1.165, 1.54) is 10.4 Å². The van der Waals surface area contributed by atoms with E-state index in [2.05, 4.69) is 31.9 Å². The molecule has 5 nitrogen and oxygen atoms in total. The van der Waals surface area contributed by atoms with Crippen molar-refractivity contribution in [1.82, 2.24) is 0 Å². The van der Waals surface area contributed by atoms with E-state index < -0.39 is 25.9 Å². The van der Waals surface area contributed by atoms with Crippen LogP contribution in [0.1, 0.15) is 6.42 Å². The van der Waals surface area contributed by atoms with Gasteiger partial charge in [0.05, 0.1) is 23.2 Å². The number of halogens is 2. The molecule has 1 aliphatic heterocycles. The molecule has 1 aliphatic rings. The topological polar surface area (TPSA) is 71.5 Å². The standard InChI is InChI=1S/C16H15Br2NO4S2/c17-12-6-7-15(18)16(10-12)25(22,23)19(13-4-2-1-3-5-13)14-8-9-24(20,21)11-14/h1-7,10,14H,8-9,11H2/t14-/m1/s1. The normalized spacial score (nSPS) is 19.7. The van der Waals surface area contributed by atoms with Crippen molar-refractivity contribution in [2.75, 3.05) is 15.8 Å². The van der Waals surface area contributed by atoms with Gasteiger partial charge in [-0.05, 0) is 52.7 Å². The number of para-hydroxylation sites is 1. The molecule has 0 amide bonds. The van der Waals surface area contributed by atoms with Gasteiger partial charge in [-0.25, -0.2) is 16.8 Å². The number of sulfonamides is 1. The van der Waals surface area contributed by atoms with Crippen LogP contribution in [0.15, 0.2) is 62.4 Å². The van der Waals surface area contributed by atoms with Gasteiger partial charge >= 0.3 is 0 Å². The quantitative estimate of drug-likeness (QED) is 0.632. The van der Waals surface area contributed by atoms with Crippen LogP contribution in [0.3, 0.4) is 0 Å². The van der Waals surface area contributed by atoms with Crippen LogP contribution in [-0.2, 0) is 19.9 Å². The minimum atomic E-state index is -3.95. The SMILES string of the molecule is O=S1(=O)CC[C@@H](N(c2ccccc2)S(=O)(=O)c2cc(Br)ccc2Br)C1. The summed E-state index contributed by atoms with van der Waals surface area (Å²) in [4.78, 5) is 0.0926. The van der Waals surface area contributed by atoms with Gasteiger partial charge in [0, 0.05) is 8.95 Å². The molecule has 3 rings (SSSR count). The van der Waals surface area contributed by atoms with Crippen molar-refractivity contribution < 1.29 is 16.8 Å². The fourth-order valence-electron chi connectivity index (χ4n) is 2.86. The number of hydrogen-bond donors (Lipinski definition) is 0. The first-order chi connectivity index (χ1) is 11.7. The van der Waals surface area contributed by atoms with Crippen LogP contribution >= 0.6 is 31.9 Å². The molecule has 0 N–H and O–H groups in total. The van der Waals surface area contributed by atoms with E-state index in [-0.39, 0.29) is 22.8 Å². The van der Waals surface area contributed by atoms with Crippen LogP contribution in [-0.4, -0.2) is 34.4 Å². The highest BCUT2D eigenvalue weighted by Gasteiger charge is 2.39. The lowest BCUT2D eigenvalue weighted by atomic mass is 10.2. The van der Waals surface area contributed by atoms with Crippen molar-refractivity contribution >= 4 is 57.4 Å². The van der Waals surface area contributed by atoms with Gasteiger partial charge in [-0.15, -0.1) is 0 Å². The smallest absolute Gasteiger partial charge is 0.262 e. The molecule has 134 valence electrons. The van der Waals surface area contributed by atoms with Gasteiger partial charge in [-0.2, -0.15) is 0 Å². The van der Waals surface area contributed by atoms with E-state index in [0.717, 1.165) is 0 Å². The van der Waals surface area contributed by atoms with Gasteiger partial charge in [0.2, 0.25) is 0 Å². The van der Waals surface area contributed by atoms with E-state index in [0.29, 0.717) is 14.6 Å². The highest BCUT2D eigenvalue weighted by Crippen LogP contribution is 2.34. The summed E-state index contributed by atoms with van der Waals surface area (Å²) in [7, 11) is -7.19. The molecule has 0 spiro atoms. The Labute approximate surface area is 164 Å². The first-order valence-corrected chi connectivity index (χ1v) is 12.3. The molecule has 0 aliphatic carbocycles. The maximum absolute atomic E-state index is 13.4. The van der Waals surface area contributed by atoms with E-state index in [1.807, 2.05) is 0 Å². The third-order valence-electron chi connectivity index (χ3n) is 3.98. The van der Waals surface area contributed by atoms with Crippen molar-refractivity contribution in [3.05, 3.63) is 57.5 Å². The lowest BCUT2D eigenvalue weighted by molar-refractivity contribution is 0.579. The summed E-state index contributed by atoms with van der Waals surface area (Å²) in [6.07, 6.45) is 0.280. The predicted octanol–water partition coefficient (Wildman–Crippen LogP) is 3.59. The van der Waals surface area contributed by atoms with Crippen LogP contribution in [0.2, 0.25) is 0 Å². The second kappa shape index (κ2) is 7.02. The second-order valence-corrected chi connectivity index (χ2v) is 11.6. The third kappa shape index (κ3) is 3.94. The van der Waals surface area contributed by atoms with Gasteiger partial charge < -0.3 is 0 Å². The summed E-state index contributed by atoms with van der Waals surface area (Å²) in [5, 5.41) is 0. The highest BCUT2D eigenvalue weighted by atomic mass is 79.9. The maximum Gasteiger partial charge on any atom is 0.265 e. The first-order valence-electron chi connectivity index (χ1n) is 7.46.